The number of carbonyl (C=O) groups excluding carboxylic acids is 1. The van der Waals surface area contributed by atoms with Gasteiger partial charge in [0.25, 0.3) is 0 Å². The standard InChI is InChI=1S/C31H41N6O9P/c1-18(27(40)43-16-30(2,3)4)36-47(41,46-21-13-9-11-19-10-7-8-12-20(19)21)44-14-22-24(39)31(5,15-38)28(45-22)37-17-33-23-25(37)34-29(32)35-26(23)42-6/h7-13,17-18,22,24,28,38-39H,14-16H2,1-6H3,(H,36,41)(H2,32,34,35). The van der Waals surface area contributed by atoms with Gasteiger partial charge in [-0.05, 0) is 23.8 Å². The highest BCUT2D eigenvalue weighted by Crippen LogP contribution is 2.50. The molecule has 1 aliphatic rings. The van der Waals surface area contributed by atoms with Crippen LogP contribution in [0.1, 0.15) is 40.8 Å². The number of ether oxygens (including phenoxy) is 3. The minimum absolute atomic E-state index is 0.0759. The van der Waals surface area contributed by atoms with Gasteiger partial charge >= 0.3 is 13.7 Å². The van der Waals surface area contributed by atoms with Crippen molar-refractivity contribution < 1.29 is 42.8 Å². The summed E-state index contributed by atoms with van der Waals surface area (Å²) in [7, 11) is -2.95. The number of carbonyl (C=O) groups is 1. The van der Waals surface area contributed by atoms with E-state index in [0.29, 0.717) is 10.9 Å². The first kappa shape index (κ1) is 34.5. The highest BCUT2D eigenvalue weighted by atomic mass is 31.2. The Morgan fingerprint density at radius 2 is 1.94 bits per heavy atom. The molecule has 0 amide bonds. The van der Waals surface area contributed by atoms with Crippen molar-refractivity contribution in [2.45, 2.75) is 59.1 Å². The molecular formula is C31H41N6O9P. The average Bonchev–Trinajstić information content (AvgIpc) is 3.56. The summed E-state index contributed by atoms with van der Waals surface area (Å²) < 4.78 is 44.8. The quantitative estimate of drug-likeness (QED) is 0.126. The molecule has 2 aromatic heterocycles. The Labute approximate surface area is 271 Å². The maximum atomic E-state index is 14.4. The number of anilines is 1. The number of methoxy groups -OCH3 is 1. The molecule has 0 saturated carbocycles. The topological polar surface area (TPSA) is 202 Å². The molecule has 254 valence electrons. The fourth-order valence-electron chi connectivity index (χ4n) is 5.24. The number of benzene rings is 2. The SMILES string of the molecule is COc1nc(N)nc2c1ncn2C1OC(COP(=O)(NC(C)C(=O)OCC(C)(C)C)Oc2cccc3ccccc23)C(O)C1(C)CO. The van der Waals surface area contributed by atoms with Gasteiger partial charge in [-0.25, -0.2) is 9.55 Å². The third kappa shape index (κ3) is 7.20. The second-order valence-corrected chi connectivity index (χ2v) is 14.6. The normalized spacial score (nSPS) is 23.4. The average molecular weight is 673 g/mol. The first-order valence-electron chi connectivity index (χ1n) is 15.0. The van der Waals surface area contributed by atoms with Crippen molar-refractivity contribution in [3.8, 4) is 11.6 Å². The second kappa shape index (κ2) is 13.3. The zero-order valence-corrected chi connectivity index (χ0v) is 28.0. The Morgan fingerprint density at radius 3 is 2.64 bits per heavy atom. The Morgan fingerprint density at radius 1 is 1.21 bits per heavy atom. The van der Waals surface area contributed by atoms with Gasteiger partial charge in [0.05, 0.1) is 44.8 Å². The maximum absolute atomic E-state index is 14.4. The van der Waals surface area contributed by atoms with Gasteiger partial charge in [-0.2, -0.15) is 15.1 Å². The van der Waals surface area contributed by atoms with E-state index >= 15 is 0 Å². The molecule has 0 spiro atoms. The van der Waals surface area contributed by atoms with Gasteiger partial charge in [0, 0.05) is 5.39 Å². The molecule has 0 radical (unpaired) electrons. The summed E-state index contributed by atoms with van der Waals surface area (Å²) in [5.74, 6) is -0.341. The van der Waals surface area contributed by atoms with Crippen LogP contribution >= 0.6 is 7.75 Å². The predicted octanol–water partition coefficient (Wildman–Crippen LogP) is 3.60. The van der Waals surface area contributed by atoms with Crippen LogP contribution in [-0.2, 0) is 23.4 Å². The Kier molecular flexibility index (Phi) is 9.79. The van der Waals surface area contributed by atoms with Crippen LogP contribution in [0.15, 0.2) is 48.8 Å². The summed E-state index contributed by atoms with van der Waals surface area (Å²) in [4.78, 5) is 25.5. The molecule has 15 nitrogen and oxygen atoms in total. The summed E-state index contributed by atoms with van der Waals surface area (Å²) >= 11 is 0. The number of nitrogens with zero attached hydrogens (tertiary/aromatic N) is 4. The number of fused-ring (bicyclic) bond motifs is 2. The fraction of sp³-hybridized carbons (Fsp3) is 0.484. The van der Waals surface area contributed by atoms with E-state index in [1.54, 1.807) is 25.1 Å². The predicted molar refractivity (Wildman–Crippen MR) is 173 cm³/mol. The molecule has 1 fully saturated rings. The first-order chi connectivity index (χ1) is 22.2. The minimum Gasteiger partial charge on any atom is -0.479 e. The molecule has 16 heteroatoms. The largest absolute Gasteiger partial charge is 0.479 e. The van der Waals surface area contributed by atoms with E-state index in [4.69, 9.17) is 29.0 Å². The third-order valence-electron chi connectivity index (χ3n) is 7.82. The maximum Gasteiger partial charge on any atom is 0.459 e. The van der Waals surface area contributed by atoms with E-state index in [1.165, 1.54) is 24.9 Å². The van der Waals surface area contributed by atoms with Crippen LogP contribution < -0.4 is 20.1 Å². The summed E-state index contributed by atoms with van der Waals surface area (Å²) in [6.07, 6.45) is -2.05. The van der Waals surface area contributed by atoms with E-state index in [9.17, 15) is 19.6 Å². The molecule has 5 rings (SSSR count). The van der Waals surface area contributed by atoms with Crippen molar-refractivity contribution in [2.75, 3.05) is 32.7 Å². The van der Waals surface area contributed by atoms with Crippen molar-refractivity contribution in [2.24, 2.45) is 10.8 Å². The molecule has 4 aromatic rings. The van der Waals surface area contributed by atoms with Crippen molar-refractivity contribution in [1.82, 2.24) is 24.6 Å². The number of esters is 1. The molecule has 0 bridgehead atoms. The Balaban J connectivity index is 1.42. The number of hydrogen-bond donors (Lipinski definition) is 4. The van der Waals surface area contributed by atoms with Crippen LogP contribution in [0.2, 0.25) is 0 Å². The number of rotatable bonds is 12. The number of hydrogen-bond acceptors (Lipinski definition) is 13. The van der Waals surface area contributed by atoms with Crippen molar-refractivity contribution in [3.63, 3.8) is 0 Å². The van der Waals surface area contributed by atoms with Gasteiger partial charge in [-0.1, -0.05) is 64.1 Å². The molecule has 3 heterocycles. The van der Waals surface area contributed by atoms with Crippen LogP contribution in [0.4, 0.5) is 5.95 Å². The molecule has 2 aromatic carbocycles. The monoisotopic (exact) mass is 672 g/mol. The molecular weight excluding hydrogens is 631 g/mol. The van der Waals surface area contributed by atoms with Gasteiger partial charge < -0.3 is 34.7 Å². The van der Waals surface area contributed by atoms with Gasteiger partial charge in [0.1, 0.15) is 24.1 Å². The number of aromatic nitrogens is 4. The second-order valence-electron chi connectivity index (χ2n) is 12.9. The van der Waals surface area contributed by atoms with Crippen LogP contribution in [0.5, 0.6) is 11.6 Å². The lowest BCUT2D eigenvalue weighted by Crippen LogP contribution is -2.41. The van der Waals surface area contributed by atoms with Crippen molar-refractivity contribution in [1.29, 1.82) is 0 Å². The van der Waals surface area contributed by atoms with Gasteiger partial charge in [-0.15, -0.1) is 0 Å². The fourth-order valence-corrected chi connectivity index (χ4v) is 6.76. The van der Waals surface area contributed by atoms with Gasteiger partial charge in [0.15, 0.2) is 11.2 Å². The molecule has 5 N–H and O–H groups in total. The summed E-state index contributed by atoms with van der Waals surface area (Å²) in [5, 5.41) is 26.1. The summed E-state index contributed by atoms with van der Waals surface area (Å²) in [5.41, 5.74) is 4.85. The lowest BCUT2D eigenvalue weighted by atomic mass is 9.83. The number of nitrogen functional groups attached to an aromatic ring is 1. The van der Waals surface area contributed by atoms with E-state index in [-0.39, 0.29) is 35.2 Å². The lowest BCUT2D eigenvalue weighted by Gasteiger charge is -2.31. The molecule has 47 heavy (non-hydrogen) atoms. The smallest absolute Gasteiger partial charge is 0.459 e. The van der Waals surface area contributed by atoms with E-state index in [2.05, 4.69) is 20.0 Å². The molecule has 0 aliphatic carbocycles. The van der Waals surface area contributed by atoms with E-state index < -0.39 is 56.8 Å². The minimum atomic E-state index is -4.36. The van der Waals surface area contributed by atoms with Crippen LogP contribution in [0, 0.1) is 10.8 Å². The molecule has 6 atom stereocenters. The number of nitrogens with two attached hydrogens (primary N) is 1. The van der Waals surface area contributed by atoms with Gasteiger partial charge in [-0.3, -0.25) is 13.9 Å². The summed E-state index contributed by atoms with van der Waals surface area (Å²) in [6.45, 7) is 8.03. The Hall–Kier alpha value is -3.85. The highest BCUT2D eigenvalue weighted by molar-refractivity contribution is 7.52. The van der Waals surface area contributed by atoms with Crippen molar-refractivity contribution >= 4 is 41.6 Å². The number of imidazole rings is 1. The zero-order valence-electron chi connectivity index (χ0n) is 27.1. The molecule has 1 saturated heterocycles. The van der Waals surface area contributed by atoms with Crippen LogP contribution in [0.3, 0.4) is 0 Å². The third-order valence-corrected chi connectivity index (χ3v) is 9.45. The molecule has 6 unspecified atom stereocenters. The number of nitrogens with one attached hydrogen (secondary N) is 1. The lowest BCUT2D eigenvalue weighted by molar-refractivity contribution is -0.148. The van der Waals surface area contributed by atoms with Crippen molar-refractivity contribution in [3.05, 3.63) is 48.8 Å². The number of aliphatic hydroxyl groups is 2. The van der Waals surface area contributed by atoms with E-state index in [1.807, 2.05) is 45.0 Å². The Bertz CT molecular complexity index is 1790. The first-order valence-corrected chi connectivity index (χ1v) is 16.6. The highest BCUT2D eigenvalue weighted by Gasteiger charge is 2.55. The zero-order chi connectivity index (χ0) is 34.1. The summed E-state index contributed by atoms with van der Waals surface area (Å²) in [6, 6.07) is 11.5. The molecule has 1 aliphatic heterocycles. The van der Waals surface area contributed by atoms with E-state index in [0.717, 1.165) is 5.39 Å². The number of aliphatic hydroxyl groups excluding tert-OH is 2. The van der Waals surface area contributed by atoms with Crippen LogP contribution in [0.25, 0.3) is 21.9 Å². The van der Waals surface area contributed by atoms with Gasteiger partial charge in [0.2, 0.25) is 11.8 Å². The van der Waals surface area contributed by atoms with Crippen LogP contribution in [-0.4, -0.2) is 80.9 Å².